The van der Waals surface area contributed by atoms with E-state index in [-0.39, 0.29) is 30.1 Å². The first kappa shape index (κ1) is 26.4. The van der Waals surface area contributed by atoms with Crippen molar-refractivity contribution < 1.29 is 14.2 Å². The van der Waals surface area contributed by atoms with Gasteiger partial charge in [0.1, 0.15) is 0 Å². The van der Waals surface area contributed by atoms with Gasteiger partial charge in [-0.25, -0.2) is 0 Å². The van der Waals surface area contributed by atoms with Gasteiger partial charge in [0.25, 0.3) is 0 Å². The van der Waals surface area contributed by atoms with E-state index in [0.717, 1.165) is 77.6 Å². The number of hydrogen-bond acceptors (Lipinski definition) is 4. The topological polar surface area (TPSA) is 55.3 Å². The summed E-state index contributed by atoms with van der Waals surface area (Å²) in [4.78, 5) is 7.43. The minimum absolute atomic E-state index is 0. The van der Waals surface area contributed by atoms with Crippen molar-refractivity contribution >= 4 is 29.9 Å². The molecular formula is C24H40IN3O3. The molecule has 0 aromatic heterocycles. The molecule has 31 heavy (non-hydrogen) atoms. The second kappa shape index (κ2) is 15.0. The third-order valence-corrected chi connectivity index (χ3v) is 5.97. The number of nitrogens with one attached hydrogen (secondary N) is 1. The fourth-order valence-corrected chi connectivity index (χ4v) is 4.36. The van der Waals surface area contributed by atoms with Crippen LogP contribution in [0.3, 0.4) is 0 Å². The Balaban J connectivity index is 0.00000341. The molecule has 1 N–H and O–H groups in total. The number of guanidine groups is 1. The first-order chi connectivity index (χ1) is 14.8. The van der Waals surface area contributed by atoms with Crippen LogP contribution in [0.2, 0.25) is 0 Å². The van der Waals surface area contributed by atoms with Crippen molar-refractivity contribution in [3.8, 4) is 0 Å². The molecule has 2 saturated heterocycles. The van der Waals surface area contributed by atoms with Gasteiger partial charge in [0.05, 0.1) is 12.2 Å². The fraction of sp³-hybridized carbons (Fsp3) is 0.708. The van der Waals surface area contributed by atoms with Gasteiger partial charge in [-0.05, 0) is 44.6 Å². The van der Waals surface area contributed by atoms with Crippen LogP contribution in [-0.4, -0.2) is 70.1 Å². The van der Waals surface area contributed by atoms with E-state index in [9.17, 15) is 0 Å². The van der Waals surface area contributed by atoms with Gasteiger partial charge in [-0.15, -0.1) is 24.0 Å². The smallest absolute Gasteiger partial charge is 0.193 e. The van der Waals surface area contributed by atoms with Gasteiger partial charge in [-0.2, -0.15) is 0 Å². The molecule has 6 nitrogen and oxygen atoms in total. The van der Waals surface area contributed by atoms with Crippen LogP contribution < -0.4 is 5.32 Å². The van der Waals surface area contributed by atoms with Crippen molar-refractivity contribution in [2.45, 2.75) is 51.2 Å². The monoisotopic (exact) mass is 545 g/mol. The zero-order valence-electron chi connectivity index (χ0n) is 19.1. The predicted molar refractivity (Wildman–Crippen MR) is 136 cm³/mol. The largest absolute Gasteiger partial charge is 0.385 e. The van der Waals surface area contributed by atoms with Crippen LogP contribution in [0.5, 0.6) is 0 Å². The van der Waals surface area contributed by atoms with Crippen molar-refractivity contribution in [1.82, 2.24) is 10.2 Å². The van der Waals surface area contributed by atoms with Crippen molar-refractivity contribution in [2.24, 2.45) is 10.9 Å². The van der Waals surface area contributed by atoms with Crippen LogP contribution in [0.4, 0.5) is 0 Å². The number of rotatable bonds is 9. The Bertz CT molecular complexity index is 624. The summed E-state index contributed by atoms with van der Waals surface area (Å²) in [5.74, 6) is 1.46. The Morgan fingerprint density at radius 3 is 2.65 bits per heavy atom. The van der Waals surface area contributed by atoms with Gasteiger partial charge in [-0.1, -0.05) is 30.3 Å². The molecule has 3 rings (SSSR count). The molecule has 176 valence electrons. The van der Waals surface area contributed by atoms with E-state index in [2.05, 4.69) is 47.5 Å². The van der Waals surface area contributed by atoms with E-state index in [4.69, 9.17) is 19.2 Å². The zero-order valence-corrected chi connectivity index (χ0v) is 21.5. The van der Waals surface area contributed by atoms with Gasteiger partial charge < -0.3 is 24.4 Å². The van der Waals surface area contributed by atoms with Crippen LogP contribution in [0.1, 0.15) is 50.7 Å². The molecule has 2 unspecified atom stereocenters. The Labute approximate surface area is 205 Å². The molecule has 2 heterocycles. The number of piperidine rings is 1. The highest BCUT2D eigenvalue weighted by Gasteiger charge is 2.28. The summed E-state index contributed by atoms with van der Waals surface area (Å²) in [5, 5.41) is 3.50. The predicted octanol–water partition coefficient (Wildman–Crippen LogP) is 4.26. The molecular weight excluding hydrogens is 505 g/mol. The second-order valence-corrected chi connectivity index (χ2v) is 8.20. The van der Waals surface area contributed by atoms with E-state index in [1.54, 1.807) is 7.11 Å². The second-order valence-electron chi connectivity index (χ2n) is 8.20. The summed E-state index contributed by atoms with van der Waals surface area (Å²) in [5.41, 5.74) is 1.27. The molecule has 2 fully saturated rings. The number of nitrogens with zero attached hydrogens (tertiary/aromatic N) is 2. The number of halogens is 1. The Morgan fingerprint density at radius 2 is 1.94 bits per heavy atom. The molecule has 0 bridgehead atoms. The third kappa shape index (κ3) is 8.51. The van der Waals surface area contributed by atoms with Gasteiger partial charge in [0.2, 0.25) is 0 Å². The average Bonchev–Trinajstić information content (AvgIpc) is 2.81. The zero-order chi connectivity index (χ0) is 21.0. The van der Waals surface area contributed by atoms with E-state index in [1.165, 1.54) is 12.0 Å². The highest BCUT2D eigenvalue weighted by atomic mass is 127. The molecule has 2 atom stereocenters. The summed E-state index contributed by atoms with van der Waals surface area (Å²) in [6.45, 7) is 8.20. The van der Waals surface area contributed by atoms with Crippen LogP contribution >= 0.6 is 24.0 Å². The van der Waals surface area contributed by atoms with E-state index < -0.39 is 0 Å². The van der Waals surface area contributed by atoms with E-state index in [1.807, 2.05) is 0 Å². The maximum atomic E-state index is 6.15. The fourth-order valence-electron chi connectivity index (χ4n) is 4.36. The average molecular weight is 546 g/mol. The lowest BCUT2D eigenvalue weighted by Crippen LogP contribution is -2.47. The Kier molecular flexibility index (Phi) is 12.8. The van der Waals surface area contributed by atoms with Gasteiger partial charge in [-0.3, -0.25) is 4.99 Å². The number of methoxy groups -OCH3 is 1. The lowest BCUT2D eigenvalue weighted by Gasteiger charge is -2.35. The molecule has 0 saturated carbocycles. The normalized spacial score (nSPS) is 22.8. The van der Waals surface area contributed by atoms with Crippen LogP contribution in [-0.2, 0) is 14.2 Å². The Morgan fingerprint density at radius 1 is 1.16 bits per heavy atom. The molecule has 0 radical (unpaired) electrons. The van der Waals surface area contributed by atoms with Crippen LogP contribution in [0.25, 0.3) is 0 Å². The number of hydrogen-bond donors (Lipinski definition) is 1. The molecule has 0 amide bonds. The minimum Gasteiger partial charge on any atom is -0.385 e. The lowest BCUT2D eigenvalue weighted by atomic mass is 9.89. The van der Waals surface area contributed by atoms with Crippen molar-refractivity contribution in [1.29, 1.82) is 0 Å². The van der Waals surface area contributed by atoms with Gasteiger partial charge in [0, 0.05) is 59.0 Å². The highest BCUT2D eigenvalue weighted by molar-refractivity contribution is 14.0. The first-order valence-electron chi connectivity index (χ1n) is 11.6. The maximum Gasteiger partial charge on any atom is 0.193 e. The molecule has 7 heteroatoms. The van der Waals surface area contributed by atoms with Crippen LogP contribution in [0.15, 0.2) is 35.3 Å². The third-order valence-electron chi connectivity index (χ3n) is 5.97. The maximum absolute atomic E-state index is 6.15. The van der Waals surface area contributed by atoms with Gasteiger partial charge >= 0.3 is 0 Å². The number of ether oxygens (including phenoxy) is 3. The Hall–Kier alpha value is -0.900. The summed E-state index contributed by atoms with van der Waals surface area (Å²) < 4.78 is 17.3. The SMILES string of the molecule is CCNC(=NCC1CCCOC1c1ccccc1)N1CCC(OCCCOC)CC1.I. The lowest BCUT2D eigenvalue weighted by molar-refractivity contribution is -0.0251. The quantitative estimate of drug-likeness (QED) is 0.218. The van der Waals surface area contributed by atoms with E-state index >= 15 is 0 Å². The van der Waals surface area contributed by atoms with E-state index in [0.29, 0.717) is 12.0 Å². The molecule has 0 spiro atoms. The molecule has 1 aromatic rings. The molecule has 1 aromatic carbocycles. The van der Waals surface area contributed by atoms with Crippen LogP contribution in [0, 0.1) is 5.92 Å². The van der Waals surface area contributed by atoms with Crippen molar-refractivity contribution in [3.63, 3.8) is 0 Å². The highest BCUT2D eigenvalue weighted by Crippen LogP contribution is 2.33. The minimum atomic E-state index is 0. The summed E-state index contributed by atoms with van der Waals surface area (Å²) in [7, 11) is 1.74. The van der Waals surface area contributed by atoms with Crippen molar-refractivity contribution in [3.05, 3.63) is 35.9 Å². The molecule has 0 aliphatic carbocycles. The van der Waals surface area contributed by atoms with Crippen molar-refractivity contribution in [2.75, 3.05) is 53.1 Å². The molecule has 2 aliphatic heterocycles. The number of likely N-dealkylation sites (tertiary alicyclic amines) is 1. The number of aliphatic imine (C=N–C) groups is 1. The summed E-state index contributed by atoms with van der Waals surface area (Å²) >= 11 is 0. The first-order valence-corrected chi connectivity index (χ1v) is 11.6. The standard InChI is InChI=1S/C24H39N3O3.HI/c1-3-25-24(27-14-12-22(13-15-27)29-18-8-16-28-2)26-19-21-11-7-17-30-23(21)20-9-5-4-6-10-20;/h4-6,9-10,21-23H,3,7-8,11-19H2,1-2H3,(H,25,26);1H. The summed E-state index contributed by atoms with van der Waals surface area (Å²) in [6, 6.07) is 10.6. The molecule has 2 aliphatic rings. The van der Waals surface area contributed by atoms with Gasteiger partial charge in [0.15, 0.2) is 5.96 Å². The number of benzene rings is 1. The summed E-state index contributed by atoms with van der Waals surface area (Å²) in [6.07, 6.45) is 5.86.